The zero-order valence-corrected chi connectivity index (χ0v) is 13.2. The average molecular weight is 273 g/mol. The van der Waals surface area contributed by atoms with Crippen molar-refractivity contribution in [3.8, 4) is 0 Å². The molecule has 20 heavy (non-hydrogen) atoms. The molecule has 0 aromatic heterocycles. The largest absolute Gasteiger partial charge is 0.384 e. The molecule has 1 heterocycles. The Labute approximate surface area is 122 Å². The van der Waals surface area contributed by atoms with E-state index in [9.17, 15) is 5.11 Å². The molecule has 0 atom stereocenters. The third-order valence-corrected chi connectivity index (χ3v) is 5.93. The van der Waals surface area contributed by atoms with Gasteiger partial charge < -0.3 is 5.11 Å². The Morgan fingerprint density at radius 1 is 0.950 bits per heavy atom. The molecule has 1 N–H and O–H groups in total. The first kappa shape index (κ1) is 14.1. The van der Waals surface area contributed by atoms with E-state index >= 15 is 0 Å². The monoisotopic (exact) mass is 273 g/mol. The molecule has 1 aromatic rings. The van der Waals surface area contributed by atoms with Gasteiger partial charge in [0.25, 0.3) is 0 Å². The molecule has 1 saturated carbocycles. The third-order valence-electron chi connectivity index (χ3n) is 5.93. The molecule has 0 spiro atoms. The standard InChI is InChI=1S/C18H27NO/c1-16(2)15(19-12-8-9-13-19)17(3,4)18(16,20)14-10-6-5-7-11-14/h5-7,10-11,15,20H,8-9,12-13H2,1-4H3. The smallest absolute Gasteiger partial charge is 0.103 e. The summed E-state index contributed by atoms with van der Waals surface area (Å²) >= 11 is 0. The van der Waals surface area contributed by atoms with Crippen LogP contribution in [0.3, 0.4) is 0 Å². The van der Waals surface area contributed by atoms with Gasteiger partial charge in [-0.2, -0.15) is 0 Å². The SMILES string of the molecule is CC1(C)C(N2CCCC2)C(C)(C)C1(O)c1ccccc1. The second-order valence-corrected chi connectivity index (χ2v) is 7.67. The van der Waals surface area contributed by atoms with Crippen molar-refractivity contribution in [1.82, 2.24) is 4.90 Å². The zero-order chi connectivity index (χ0) is 14.6. The van der Waals surface area contributed by atoms with Gasteiger partial charge in [-0.25, -0.2) is 0 Å². The van der Waals surface area contributed by atoms with Crippen LogP contribution in [0.1, 0.15) is 46.1 Å². The lowest BCUT2D eigenvalue weighted by atomic mass is 9.39. The van der Waals surface area contributed by atoms with Gasteiger partial charge in [-0.1, -0.05) is 58.0 Å². The molecule has 0 unspecified atom stereocenters. The second-order valence-electron chi connectivity index (χ2n) is 7.67. The van der Waals surface area contributed by atoms with Crippen molar-refractivity contribution in [3.63, 3.8) is 0 Å². The quantitative estimate of drug-likeness (QED) is 0.892. The fourth-order valence-corrected chi connectivity index (χ4v) is 5.39. The molecule has 110 valence electrons. The molecule has 1 aliphatic heterocycles. The molecule has 1 aromatic carbocycles. The number of benzene rings is 1. The van der Waals surface area contributed by atoms with Crippen LogP contribution >= 0.6 is 0 Å². The molecule has 2 aliphatic rings. The van der Waals surface area contributed by atoms with Gasteiger partial charge in [0.2, 0.25) is 0 Å². The highest BCUT2D eigenvalue weighted by atomic mass is 16.3. The van der Waals surface area contributed by atoms with E-state index in [0.717, 1.165) is 5.56 Å². The predicted octanol–water partition coefficient (Wildman–Crippen LogP) is 3.40. The lowest BCUT2D eigenvalue weighted by Gasteiger charge is -2.72. The fourth-order valence-electron chi connectivity index (χ4n) is 5.39. The first-order valence-electron chi connectivity index (χ1n) is 7.85. The van der Waals surface area contributed by atoms with Crippen molar-refractivity contribution in [3.05, 3.63) is 35.9 Å². The number of likely N-dealkylation sites (tertiary alicyclic amines) is 1. The predicted molar refractivity (Wildman–Crippen MR) is 82.5 cm³/mol. The number of rotatable bonds is 2. The van der Waals surface area contributed by atoms with Gasteiger partial charge >= 0.3 is 0 Å². The molecule has 3 rings (SSSR count). The molecular weight excluding hydrogens is 246 g/mol. The summed E-state index contributed by atoms with van der Waals surface area (Å²) in [5.41, 5.74) is 0.0595. The highest BCUT2D eigenvalue weighted by Crippen LogP contribution is 2.68. The fraction of sp³-hybridized carbons (Fsp3) is 0.667. The van der Waals surface area contributed by atoms with E-state index in [-0.39, 0.29) is 10.8 Å². The number of aliphatic hydroxyl groups is 1. The summed E-state index contributed by atoms with van der Waals surface area (Å²) in [5, 5.41) is 11.5. The molecule has 2 nitrogen and oxygen atoms in total. The Bertz CT molecular complexity index is 469. The number of hydrogen-bond donors (Lipinski definition) is 1. The molecule has 2 heteroatoms. The molecule has 0 bridgehead atoms. The van der Waals surface area contributed by atoms with Crippen LogP contribution < -0.4 is 0 Å². The lowest BCUT2D eigenvalue weighted by molar-refractivity contribution is -0.305. The van der Waals surface area contributed by atoms with Crippen LogP contribution in [0.2, 0.25) is 0 Å². The van der Waals surface area contributed by atoms with Gasteiger partial charge in [0.15, 0.2) is 0 Å². The molecule has 1 aliphatic carbocycles. The first-order chi connectivity index (χ1) is 9.33. The van der Waals surface area contributed by atoms with Crippen molar-refractivity contribution in [2.75, 3.05) is 13.1 Å². The third kappa shape index (κ3) is 1.52. The highest BCUT2D eigenvalue weighted by molar-refractivity contribution is 5.36. The average Bonchev–Trinajstić information content (AvgIpc) is 2.91. The van der Waals surface area contributed by atoms with Crippen molar-refractivity contribution in [2.24, 2.45) is 10.8 Å². The van der Waals surface area contributed by atoms with Gasteiger partial charge in [-0.05, 0) is 31.5 Å². The van der Waals surface area contributed by atoms with Gasteiger partial charge in [-0.15, -0.1) is 0 Å². The van der Waals surface area contributed by atoms with Gasteiger partial charge in [-0.3, -0.25) is 4.90 Å². The van der Waals surface area contributed by atoms with E-state index in [1.54, 1.807) is 0 Å². The summed E-state index contributed by atoms with van der Waals surface area (Å²) in [6, 6.07) is 10.7. The van der Waals surface area contributed by atoms with Crippen molar-refractivity contribution in [2.45, 2.75) is 52.2 Å². The Hall–Kier alpha value is -0.860. The summed E-state index contributed by atoms with van der Waals surface area (Å²) in [4.78, 5) is 2.59. The van der Waals surface area contributed by atoms with Crippen LogP contribution in [0.15, 0.2) is 30.3 Å². The first-order valence-corrected chi connectivity index (χ1v) is 7.85. The maximum absolute atomic E-state index is 11.5. The topological polar surface area (TPSA) is 23.5 Å². The minimum atomic E-state index is -0.755. The van der Waals surface area contributed by atoms with Crippen molar-refractivity contribution in [1.29, 1.82) is 0 Å². The minimum Gasteiger partial charge on any atom is -0.384 e. The van der Waals surface area contributed by atoms with Gasteiger partial charge in [0.1, 0.15) is 5.60 Å². The van der Waals surface area contributed by atoms with Crippen LogP contribution in [0, 0.1) is 10.8 Å². The Morgan fingerprint density at radius 2 is 1.45 bits per heavy atom. The summed E-state index contributed by atoms with van der Waals surface area (Å²) in [6.45, 7) is 11.3. The molecular formula is C18H27NO. The van der Waals surface area contributed by atoms with Crippen LogP contribution in [0.4, 0.5) is 0 Å². The van der Waals surface area contributed by atoms with Crippen molar-refractivity contribution >= 4 is 0 Å². The second kappa shape index (κ2) is 4.32. The van der Waals surface area contributed by atoms with E-state index in [1.807, 2.05) is 18.2 Å². The minimum absolute atomic E-state index is 0.123. The van der Waals surface area contributed by atoms with Gasteiger partial charge in [0, 0.05) is 16.9 Å². The number of hydrogen-bond acceptors (Lipinski definition) is 2. The van der Waals surface area contributed by atoms with E-state index in [4.69, 9.17) is 0 Å². The Morgan fingerprint density at radius 3 is 1.95 bits per heavy atom. The Kier molecular flexibility index (Phi) is 3.04. The van der Waals surface area contributed by atoms with E-state index in [0.29, 0.717) is 6.04 Å². The number of nitrogens with zero attached hydrogens (tertiary/aromatic N) is 1. The van der Waals surface area contributed by atoms with Crippen LogP contribution in [-0.2, 0) is 5.60 Å². The van der Waals surface area contributed by atoms with Crippen LogP contribution in [-0.4, -0.2) is 29.1 Å². The highest BCUT2D eigenvalue weighted by Gasteiger charge is 2.73. The van der Waals surface area contributed by atoms with E-state index < -0.39 is 5.60 Å². The summed E-state index contributed by atoms with van der Waals surface area (Å²) in [5.74, 6) is 0. The lowest BCUT2D eigenvalue weighted by Crippen LogP contribution is -2.78. The maximum atomic E-state index is 11.5. The molecule has 0 amide bonds. The summed E-state index contributed by atoms with van der Waals surface area (Å²) in [6.07, 6.45) is 2.60. The van der Waals surface area contributed by atoms with Crippen LogP contribution in [0.5, 0.6) is 0 Å². The molecule has 1 saturated heterocycles. The Balaban J connectivity index is 2.01. The van der Waals surface area contributed by atoms with E-state index in [1.165, 1.54) is 25.9 Å². The molecule has 2 fully saturated rings. The summed E-state index contributed by atoms with van der Waals surface area (Å²) in [7, 11) is 0. The normalized spacial score (nSPS) is 35.8. The van der Waals surface area contributed by atoms with Crippen LogP contribution in [0.25, 0.3) is 0 Å². The van der Waals surface area contributed by atoms with Crippen molar-refractivity contribution < 1.29 is 5.11 Å². The van der Waals surface area contributed by atoms with Gasteiger partial charge in [0.05, 0.1) is 0 Å². The summed E-state index contributed by atoms with van der Waals surface area (Å²) < 4.78 is 0. The zero-order valence-electron chi connectivity index (χ0n) is 13.2. The van der Waals surface area contributed by atoms with E-state index in [2.05, 4.69) is 44.7 Å². The molecule has 0 radical (unpaired) electrons. The maximum Gasteiger partial charge on any atom is 0.103 e.